The highest BCUT2D eigenvalue weighted by Crippen LogP contribution is 2.25. The summed E-state index contributed by atoms with van der Waals surface area (Å²) < 4.78 is 5.09. The number of anilines is 1. The van der Waals surface area contributed by atoms with Crippen molar-refractivity contribution in [3.63, 3.8) is 0 Å². The molecule has 1 N–H and O–H groups in total. The third-order valence-electron chi connectivity index (χ3n) is 3.34. The summed E-state index contributed by atoms with van der Waals surface area (Å²) in [5.41, 5.74) is 2.35. The van der Waals surface area contributed by atoms with Crippen LogP contribution >= 0.6 is 23.2 Å². The molecule has 0 saturated carbocycles. The number of benzene rings is 2. The van der Waals surface area contributed by atoms with Crippen LogP contribution in [0.3, 0.4) is 0 Å². The van der Waals surface area contributed by atoms with Crippen LogP contribution in [-0.4, -0.2) is 18.0 Å². The molecule has 6 heteroatoms. The topological polar surface area (TPSA) is 55.4 Å². The normalized spacial score (nSPS) is 12.0. The number of carbonyl (C=O) groups excluding carboxylic acids is 2. The highest BCUT2D eigenvalue weighted by Gasteiger charge is 2.17. The maximum absolute atomic E-state index is 12.1. The Bertz CT molecular complexity index is 801. The molecule has 0 spiro atoms. The molecule has 2 aromatic carbocycles. The fraction of sp³-hybridized carbons (Fsp3) is 0.158. The van der Waals surface area contributed by atoms with Gasteiger partial charge in [0.1, 0.15) is 0 Å². The molecule has 0 aliphatic carbocycles. The number of carbonyl (C=O) groups is 2. The van der Waals surface area contributed by atoms with Crippen LogP contribution in [0.15, 0.2) is 48.5 Å². The van der Waals surface area contributed by atoms with Gasteiger partial charge in [0.2, 0.25) is 0 Å². The first-order valence-corrected chi connectivity index (χ1v) is 8.32. The second kappa shape index (κ2) is 8.70. The van der Waals surface area contributed by atoms with Crippen molar-refractivity contribution in [2.24, 2.45) is 0 Å². The second-order valence-corrected chi connectivity index (χ2v) is 6.28. The summed E-state index contributed by atoms with van der Waals surface area (Å²) in [6.45, 7) is 3.46. The lowest BCUT2D eigenvalue weighted by molar-refractivity contribution is -0.148. The van der Waals surface area contributed by atoms with Gasteiger partial charge in [-0.15, -0.1) is 0 Å². The first kappa shape index (κ1) is 19.0. The van der Waals surface area contributed by atoms with Gasteiger partial charge >= 0.3 is 5.97 Å². The molecule has 0 radical (unpaired) electrons. The first-order chi connectivity index (χ1) is 11.8. The molecule has 2 aromatic rings. The predicted molar refractivity (Wildman–Crippen MR) is 101 cm³/mol. The van der Waals surface area contributed by atoms with Gasteiger partial charge in [-0.2, -0.15) is 0 Å². The van der Waals surface area contributed by atoms with Gasteiger partial charge in [0, 0.05) is 11.1 Å². The molecule has 0 fully saturated rings. The van der Waals surface area contributed by atoms with E-state index in [-0.39, 0.29) is 0 Å². The molecule has 0 heterocycles. The van der Waals surface area contributed by atoms with E-state index >= 15 is 0 Å². The van der Waals surface area contributed by atoms with Crippen molar-refractivity contribution in [2.45, 2.75) is 20.0 Å². The molecule has 0 saturated heterocycles. The van der Waals surface area contributed by atoms with Crippen molar-refractivity contribution in [3.05, 3.63) is 69.7 Å². The van der Waals surface area contributed by atoms with Crippen molar-refractivity contribution in [2.75, 3.05) is 5.32 Å². The molecule has 2 rings (SSSR count). The standard InChI is InChI=1S/C19H17Cl2NO3/c1-12-3-5-14(6-4-12)7-10-18(23)25-13(2)19(24)22-17-11-15(20)8-9-16(17)21/h3-11,13H,1-2H3,(H,22,24)/b10-7+. The smallest absolute Gasteiger partial charge is 0.331 e. The van der Waals surface area contributed by atoms with E-state index in [4.69, 9.17) is 27.9 Å². The van der Waals surface area contributed by atoms with E-state index in [9.17, 15) is 9.59 Å². The van der Waals surface area contributed by atoms with Crippen LogP contribution in [0.1, 0.15) is 18.1 Å². The molecular weight excluding hydrogens is 361 g/mol. The van der Waals surface area contributed by atoms with Crippen LogP contribution in [0.4, 0.5) is 5.69 Å². The van der Waals surface area contributed by atoms with Crippen LogP contribution in [0, 0.1) is 6.92 Å². The van der Waals surface area contributed by atoms with E-state index in [0.29, 0.717) is 15.7 Å². The SMILES string of the molecule is Cc1ccc(/C=C/C(=O)OC(C)C(=O)Nc2cc(Cl)ccc2Cl)cc1. The van der Waals surface area contributed by atoms with Crippen LogP contribution in [-0.2, 0) is 14.3 Å². The molecule has 0 aliphatic heterocycles. The Morgan fingerprint density at radius 1 is 1.12 bits per heavy atom. The number of aryl methyl sites for hydroxylation is 1. The Labute approximate surface area is 156 Å². The second-order valence-electron chi connectivity index (χ2n) is 5.44. The summed E-state index contributed by atoms with van der Waals surface area (Å²) in [5, 5.41) is 3.36. The van der Waals surface area contributed by atoms with Gasteiger partial charge in [0.25, 0.3) is 5.91 Å². The molecule has 4 nitrogen and oxygen atoms in total. The third kappa shape index (κ3) is 5.93. The molecule has 130 valence electrons. The van der Waals surface area contributed by atoms with E-state index in [0.717, 1.165) is 11.1 Å². The quantitative estimate of drug-likeness (QED) is 0.596. The van der Waals surface area contributed by atoms with Gasteiger partial charge in [-0.3, -0.25) is 4.79 Å². The monoisotopic (exact) mass is 377 g/mol. The maximum atomic E-state index is 12.1. The molecule has 0 bridgehead atoms. The van der Waals surface area contributed by atoms with Crippen LogP contribution in [0.2, 0.25) is 10.0 Å². The fourth-order valence-corrected chi connectivity index (χ4v) is 2.27. The van der Waals surface area contributed by atoms with Crippen molar-refractivity contribution >= 4 is 46.8 Å². The number of amides is 1. The molecule has 25 heavy (non-hydrogen) atoms. The lowest BCUT2D eigenvalue weighted by atomic mass is 10.1. The highest BCUT2D eigenvalue weighted by molar-refractivity contribution is 6.35. The molecule has 1 atom stereocenters. The fourth-order valence-electron chi connectivity index (χ4n) is 1.94. The number of hydrogen-bond acceptors (Lipinski definition) is 3. The summed E-state index contributed by atoms with van der Waals surface area (Å²) in [6.07, 6.45) is 1.92. The molecular formula is C19H17Cl2NO3. The highest BCUT2D eigenvalue weighted by atomic mass is 35.5. The number of nitrogens with one attached hydrogen (secondary N) is 1. The predicted octanol–water partition coefficient (Wildman–Crippen LogP) is 4.89. The average Bonchev–Trinajstić information content (AvgIpc) is 2.57. The number of halogens is 2. The van der Waals surface area contributed by atoms with E-state index in [1.165, 1.54) is 19.1 Å². The zero-order valence-corrected chi connectivity index (χ0v) is 15.3. The van der Waals surface area contributed by atoms with Crippen LogP contribution in [0.5, 0.6) is 0 Å². The molecule has 0 aromatic heterocycles. The minimum atomic E-state index is -0.981. The van der Waals surface area contributed by atoms with Crippen molar-refractivity contribution in [1.29, 1.82) is 0 Å². The largest absolute Gasteiger partial charge is 0.449 e. The lowest BCUT2D eigenvalue weighted by Crippen LogP contribution is -2.29. The van der Waals surface area contributed by atoms with Crippen molar-refractivity contribution < 1.29 is 14.3 Å². The van der Waals surface area contributed by atoms with Crippen molar-refractivity contribution in [3.8, 4) is 0 Å². The number of esters is 1. The Hall–Kier alpha value is -2.30. The Morgan fingerprint density at radius 3 is 2.48 bits per heavy atom. The van der Waals surface area contributed by atoms with Gasteiger partial charge in [-0.1, -0.05) is 53.0 Å². The molecule has 1 amide bonds. The van der Waals surface area contributed by atoms with Gasteiger partial charge < -0.3 is 10.1 Å². The van der Waals surface area contributed by atoms with Gasteiger partial charge in [-0.25, -0.2) is 4.79 Å². The summed E-state index contributed by atoms with van der Waals surface area (Å²) in [5.74, 6) is -1.11. The Balaban J connectivity index is 1.92. The van der Waals surface area contributed by atoms with E-state index in [1.807, 2.05) is 31.2 Å². The summed E-state index contributed by atoms with van der Waals surface area (Å²) in [7, 11) is 0. The molecule has 1 unspecified atom stereocenters. The summed E-state index contributed by atoms with van der Waals surface area (Å²) in [4.78, 5) is 23.9. The number of ether oxygens (including phenoxy) is 1. The minimum Gasteiger partial charge on any atom is -0.449 e. The first-order valence-electron chi connectivity index (χ1n) is 7.56. The zero-order chi connectivity index (χ0) is 18.4. The van der Waals surface area contributed by atoms with Gasteiger partial charge in [0.05, 0.1) is 10.7 Å². The summed E-state index contributed by atoms with van der Waals surface area (Å²) in [6, 6.07) is 12.4. The summed E-state index contributed by atoms with van der Waals surface area (Å²) >= 11 is 11.9. The molecule has 0 aliphatic rings. The Morgan fingerprint density at radius 2 is 1.80 bits per heavy atom. The average molecular weight is 378 g/mol. The number of hydrogen-bond donors (Lipinski definition) is 1. The zero-order valence-electron chi connectivity index (χ0n) is 13.8. The minimum absolute atomic E-state index is 0.343. The third-order valence-corrected chi connectivity index (χ3v) is 3.90. The maximum Gasteiger partial charge on any atom is 0.331 e. The van der Waals surface area contributed by atoms with Crippen LogP contribution in [0.25, 0.3) is 6.08 Å². The van der Waals surface area contributed by atoms with Gasteiger partial charge in [-0.05, 0) is 43.7 Å². The Kier molecular flexibility index (Phi) is 6.62. The lowest BCUT2D eigenvalue weighted by Gasteiger charge is -2.13. The number of rotatable bonds is 5. The van der Waals surface area contributed by atoms with Crippen molar-refractivity contribution in [1.82, 2.24) is 0 Å². The van der Waals surface area contributed by atoms with Gasteiger partial charge in [0.15, 0.2) is 6.10 Å². The van der Waals surface area contributed by atoms with E-state index < -0.39 is 18.0 Å². The van der Waals surface area contributed by atoms with E-state index in [1.54, 1.807) is 18.2 Å². The van der Waals surface area contributed by atoms with E-state index in [2.05, 4.69) is 5.32 Å². The van der Waals surface area contributed by atoms with Crippen LogP contribution < -0.4 is 5.32 Å².